The quantitative estimate of drug-likeness (QED) is 0.387. The second-order valence-electron chi connectivity index (χ2n) is 8.43. The van der Waals surface area contributed by atoms with Crippen molar-refractivity contribution in [3.8, 4) is 0 Å². The Morgan fingerprint density at radius 2 is 1.97 bits per heavy atom. The molecule has 2 aliphatic heterocycles. The highest BCUT2D eigenvalue weighted by Gasteiger charge is 2.25. The van der Waals surface area contributed by atoms with Crippen LogP contribution in [0.5, 0.6) is 0 Å². The highest BCUT2D eigenvalue weighted by Crippen LogP contribution is 2.25. The zero-order valence-corrected chi connectivity index (χ0v) is 19.2. The van der Waals surface area contributed by atoms with Crippen molar-refractivity contribution in [2.45, 2.75) is 25.9 Å². The molecule has 2 aliphatic rings. The average molecular weight is 441 g/mol. The van der Waals surface area contributed by atoms with Crippen LogP contribution in [0.1, 0.15) is 29.4 Å². The number of benzene rings is 1. The van der Waals surface area contributed by atoms with Crippen LogP contribution in [-0.4, -0.2) is 81.4 Å². The molecule has 0 bridgehead atoms. The lowest BCUT2D eigenvalue weighted by Gasteiger charge is -2.36. The molecular formula is C25H36N4O3. The first-order valence-electron chi connectivity index (χ1n) is 11.8. The maximum atomic E-state index is 6.14. The lowest BCUT2D eigenvalue weighted by Crippen LogP contribution is -2.48. The van der Waals surface area contributed by atoms with E-state index < -0.39 is 0 Å². The summed E-state index contributed by atoms with van der Waals surface area (Å²) in [5.74, 6) is 1.96. The number of nitrogens with zero attached hydrogens (tertiary/aromatic N) is 3. The molecule has 1 aromatic heterocycles. The molecule has 174 valence electrons. The van der Waals surface area contributed by atoms with E-state index in [2.05, 4.69) is 46.3 Å². The fourth-order valence-corrected chi connectivity index (χ4v) is 4.30. The van der Waals surface area contributed by atoms with Crippen molar-refractivity contribution < 1.29 is 13.9 Å². The summed E-state index contributed by atoms with van der Waals surface area (Å²) in [5.41, 5.74) is 2.54. The summed E-state index contributed by atoms with van der Waals surface area (Å²) in [4.78, 5) is 9.80. The average Bonchev–Trinajstić information content (AvgIpc) is 3.35. The molecule has 32 heavy (non-hydrogen) atoms. The lowest BCUT2D eigenvalue weighted by molar-refractivity contribution is -0.00836. The van der Waals surface area contributed by atoms with Gasteiger partial charge in [-0.15, -0.1) is 0 Å². The van der Waals surface area contributed by atoms with Gasteiger partial charge < -0.3 is 24.1 Å². The van der Waals surface area contributed by atoms with Crippen molar-refractivity contribution in [3.63, 3.8) is 0 Å². The summed E-state index contributed by atoms with van der Waals surface area (Å²) in [5, 5.41) is 3.58. The molecule has 7 nitrogen and oxygen atoms in total. The third-order valence-electron chi connectivity index (χ3n) is 6.13. The predicted molar refractivity (Wildman–Crippen MR) is 126 cm³/mol. The number of guanidine groups is 1. The Hall–Kier alpha value is -2.35. The van der Waals surface area contributed by atoms with Gasteiger partial charge in [0.1, 0.15) is 11.9 Å². The molecule has 3 heterocycles. The molecule has 0 amide bonds. The molecule has 0 aliphatic carbocycles. The Bertz CT molecular complexity index is 833. The second-order valence-corrected chi connectivity index (χ2v) is 8.43. The van der Waals surface area contributed by atoms with E-state index in [1.54, 1.807) is 6.26 Å². The van der Waals surface area contributed by atoms with Crippen LogP contribution >= 0.6 is 0 Å². The minimum absolute atomic E-state index is 0.0652. The fourth-order valence-electron chi connectivity index (χ4n) is 4.30. The number of rotatable bonds is 8. The van der Waals surface area contributed by atoms with E-state index in [1.807, 2.05) is 12.1 Å². The topological polar surface area (TPSA) is 62.5 Å². The molecule has 2 saturated heterocycles. The molecule has 0 spiro atoms. The van der Waals surface area contributed by atoms with Crippen LogP contribution in [-0.2, 0) is 15.9 Å². The molecule has 1 atom stereocenters. The van der Waals surface area contributed by atoms with Crippen molar-refractivity contribution in [2.75, 3.05) is 65.6 Å². The molecule has 0 radical (unpaired) electrons. The Morgan fingerprint density at radius 3 is 2.78 bits per heavy atom. The van der Waals surface area contributed by atoms with Gasteiger partial charge in [-0.25, -0.2) is 0 Å². The smallest absolute Gasteiger partial charge is 0.194 e. The van der Waals surface area contributed by atoms with E-state index in [9.17, 15) is 0 Å². The Labute approximate surface area is 191 Å². The molecule has 4 rings (SSSR count). The number of morpholine rings is 2. The maximum absolute atomic E-state index is 6.14. The SMILES string of the molecule is Cc1ccccc1C1CN(C(=NCCCN2CCOCC2)NCCc2ccco2)CCO1. The van der Waals surface area contributed by atoms with Crippen LogP contribution in [0.3, 0.4) is 0 Å². The van der Waals surface area contributed by atoms with Crippen LogP contribution < -0.4 is 5.32 Å². The van der Waals surface area contributed by atoms with Gasteiger partial charge in [-0.1, -0.05) is 24.3 Å². The zero-order valence-electron chi connectivity index (χ0n) is 19.2. The largest absolute Gasteiger partial charge is 0.469 e. The van der Waals surface area contributed by atoms with Crippen molar-refractivity contribution in [1.82, 2.24) is 15.1 Å². The van der Waals surface area contributed by atoms with Crippen LogP contribution in [0.15, 0.2) is 52.1 Å². The third-order valence-corrected chi connectivity index (χ3v) is 6.13. The summed E-state index contributed by atoms with van der Waals surface area (Å²) in [6.07, 6.45) is 3.68. The standard InChI is InChI=1S/C25H36N4O3/c1-21-6-2-3-8-23(21)24-20-29(15-19-32-24)25(27-11-9-22-7-4-16-31-22)26-10-5-12-28-13-17-30-18-14-28/h2-4,6-8,16,24H,5,9-15,17-20H2,1H3,(H,26,27). The minimum Gasteiger partial charge on any atom is -0.469 e. The number of nitrogens with one attached hydrogen (secondary N) is 1. The fraction of sp³-hybridized carbons (Fsp3) is 0.560. The molecule has 1 N–H and O–H groups in total. The van der Waals surface area contributed by atoms with Crippen LogP contribution in [0.4, 0.5) is 0 Å². The lowest BCUT2D eigenvalue weighted by atomic mass is 10.0. The first kappa shape index (κ1) is 22.8. The molecular weight excluding hydrogens is 404 g/mol. The van der Waals surface area contributed by atoms with E-state index in [0.29, 0.717) is 6.61 Å². The van der Waals surface area contributed by atoms with E-state index in [-0.39, 0.29) is 6.10 Å². The van der Waals surface area contributed by atoms with Gasteiger partial charge in [0, 0.05) is 45.7 Å². The van der Waals surface area contributed by atoms with E-state index in [1.165, 1.54) is 11.1 Å². The van der Waals surface area contributed by atoms with Crippen LogP contribution in [0, 0.1) is 6.92 Å². The van der Waals surface area contributed by atoms with Gasteiger partial charge in [0.05, 0.1) is 32.6 Å². The van der Waals surface area contributed by atoms with Crippen molar-refractivity contribution >= 4 is 5.96 Å². The predicted octanol–water partition coefficient (Wildman–Crippen LogP) is 2.87. The Balaban J connectivity index is 1.36. The summed E-state index contributed by atoms with van der Waals surface area (Å²) in [6.45, 7) is 10.9. The van der Waals surface area contributed by atoms with E-state index >= 15 is 0 Å². The molecule has 0 saturated carbocycles. The van der Waals surface area contributed by atoms with Crippen molar-refractivity contribution in [2.24, 2.45) is 4.99 Å². The van der Waals surface area contributed by atoms with E-state index in [4.69, 9.17) is 18.9 Å². The van der Waals surface area contributed by atoms with Gasteiger partial charge in [-0.05, 0) is 36.6 Å². The zero-order chi connectivity index (χ0) is 22.0. The normalized spacial score (nSPS) is 20.5. The molecule has 1 aromatic carbocycles. The molecule has 2 aromatic rings. The second kappa shape index (κ2) is 12.0. The van der Waals surface area contributed by atoms with Gasteiger partial charge in [0.25, 0.3) is 0 Å². The number of furan rings is 1. The Morgan fingerprint density at radius 1 is 1.09 bits per heavy atom. The number of ether oxygens (including phenoxy) is 2. The van der Waals surface area contributed by atoms with E-state index in [0.717, 1.165) is 83.6 Å². The summed E-state index contributed by atoms with van der Waals surface area (Å²) >= 11 is 0. The molecule has 7 heteroatoms. The summed E-state index contributed by atoms with van der Waals surface area (Å²) < 4.78 is 17.1. The number of aryl methyl sites for hydroxylation is 1. The van der Waals surface area contributed by atoms with Gasteiger partial charge in [0.15, 0.2) is 5.96 Å². The monoisotopic (exact) mass is 440 g/mol. The van der Waals surface area contributed by atoms with Crippen LogP contribution in [0.25, 0.3) is 0 Å². The summed E-state index contributed by atoms with van der Waals surface area (Å²) in [6, 6.07) is 12.4. The maximum Gasteiger partial charge on any atom is 0.194 e. The van der Waals surface area contributed by atoms with Gasteiger partial charge >= 0.3 is 0 Å². The van der Waals surface area contributed by atoms with Crippen molar-refractivity contribution in [3.05, 3.63) is 59.5 Å². The third kappa shape index (κ3) is 6.58. The first-order valence-corrected chi connectivity index (χ1v) is 11.8. The number of hydrogen-bond donors (Lipinski definition) is 1. The van der Waals surface area contributed by atoms with Gasteiger partial charge in [-0.3, -0.25) is 9.89 Å². The van der Waals surface area contributed by atoms with Gasteiger partial charge in [0.2, 0.25) is 0 Å². The first-order chi connectivity index (χ1) is 15.8. The molecule has 2 fully saturated rings. The Kier molecular flexibility index (Phi) is 8.59. The highest BCUT2D eigenvalue weighted by molar-refractivity contribution is 5.80. The van der Waals surface area contributed by atoms with Gasteiger partial charge in [-0.2, -0.15) is 0 Å². The van der Waals surface area contributed by atoms with Crippen LogP contribution in [0.2, 0.25) is 0 Å². The number of hydrogen-bond acceptors (Lipinski definition) is 5. The molecule has 1 unspecified atom stereocenters. The number of aliphatic imine (C=N–C) groups is 1. The highest BCUT2D eigenvalue weighted by atomic mass is 16.5. The van der Waals surface area contributed by atoms with Crippen molar-refractivity contribution in [1.29, 1.82) is 0 Å². The minimum atomic E-state index is 0.0652. The summed E-state index contributed by atoms with van der Waals surface area (Å²) in [7, 11) is 0.